The van der Waals surface area contributed by atoms with Crippen molar-refractivity contribution in [2.24, 2.45) is 0 Å². The van der Waals surface area contributed by atoms with Gasteiger partial charge in [0.15, 0.2) is 5.13 Å². The topological polar surface area (TPSA) is 65.5 Å². The Morgan fingerprint density at radius 2 is 2.39 bits per heavy atom. The van der Waals surface area contributed by atoms with E-state index in [0.717, 1.165) is 18.5 Å². The van der Waals surface area contributed by atoms with Crippen LogP contribution in [0.3, 0.4) is 0 Å². The molecule has 0 aliphatic carbocycles. The molecule has 2 amide bonds. The number of hydrogen-bond acceptors (Lipinski definition) is 4. The second kappa shape index (κ2) is 4.85. The Balaban J connectivity index is 2.04. The van der Waals surface area contributed by atoms with E-state index in [1.165, 1.54) is 11.3 Å². The van der Waals surface area contributed by atoms with Gasteiger partial charge >= 0.3 is 6.03 Å². The average Bonchev–Trinajstić information content (AvgIpc) is 2.85. The summed E-state index contributed by atoms with van der Waals surface area (Å²) in [5, 5.41) is 15.4. The summed E-state index contributed by atoms with van der Waals surface area (Å²) in [4.78, 5) is 18.1. The minimum absolute atomic E-state index is 0.126. The Morgan fingerprint density at radius 1 is 1.67 bits per heavy atom. The molecule has 2 heterocycles. The normalized spacial score (nSPS) is 20.2. The number of carbonyl (C=O) groups is 1. The molecule has 100 valence electrons. The number of carbonyl (C=O) groups excluding carboxylic acids is 1. The van der Waals surface area contributed by atoms with Gasteiger partial charge in [-0.1, -0.05) is 0 Å². The maximum Gasteiger partial charge on any atom is 0.323 e. The Labute approximate surface area is 111 Å². The number of aryl methyl sites for hydroxylation is 1. The van der Waals surface area contributed by atoms with E-state index in [9.17, 15) is 9.90 Å². The summed E-state index contributed by atoms with van der Waals surface area (Å²) in [7, 11) is 0. The number of likely N-dealkylation sites (tertiary alicyclic amines) is 1. The van der Waals surface area contributed by atoms with Crippen molar-refractivity contribution in [2.45, 2.75) is 45.3 Å². The van der Waals surface area contributed by atoms with Crippen molar-refractivity contribution >= 4 is 22.5 Å². The number of nitrogens with zero attached hydrogens (tertiary/aromatic N) is 2. The highest BCUT2D eigenvalue weighted by Gasteiger charge is 2.38. The number of anilines is 1. The third kappa shape index (κ3) is 2.81. The molecule has 1 fully saturated rings. The van der Waals surface area contributed by atoms with Crippen molar-refractivity contribution < 1.29 is 9.90 Å². The number of aromatic nitrogens is 1. The molecule has 0 saturated carbocycles. The van der Waals surface area contributed by atoms with Crippen LogP contribution in [-0.4, -0.2) is 39.2 Å². The number of nitrogens with one attached hydrogen (secondary N) is 1. The number of amides is 2. The van der Waals surface area contributed by atoms with Crippen molar-refractivity contribution in [3.63, 3.8) is 0 Å². The lowest BCUT2D eigenvalue weighted by Crippen LogP contribution is -2.49. The fourth-order valence-corrected chi connectivity index (χ4v) is 3.00. The second-order valence-corrected chi connectivity index (χ2v) is 6.09. The van der Waals surface area contributed by atoms with E-state index in [-0.39, 0.29) is 12.1 Å². The van der Waals surface area contributed by atoms with Crippen LogP contribution in [-0.2, 0) is 0 Å². The maximum atomic E-state index is 12.2. The van der Waals surface area contributed by atoms with Crippen LogP contribution >= 0.6 is 11.3 Å². The molecule has 1 aromatic rings. The fourth-order valence-electron chi connectivity index (χ4n) is 2.32. The minimum atomic E-state index is -0.868. The quantitative estimate of drug-likeness (QED) is 0.865. The third-order valence-corrected chi connectivity index (χ3v) is 4.04. The molecule has 1 aliphatic rings. The predicted octanol–water partition coefficient (Wildman–Crippen LogP) is 2.22. The Bertz CT molecular complexity index is 439. The van der Waals surface area contributed by atoms with Gasteiger partial charge in [0.2, 0.25) is 0 Å². The average molecular weight is 269 g/mol. The summed E-state index contributed by atoms with van der Waals surface area (Å²) in [6, 6.07) is -0.299. The second-order valence-electron chi connectivity index (χ2n) is 5.23. The first-order chi connectivity index (χ1) is 8.38. The molecule has 1 aliphatic heterocycles. The molecule has 2 N–H and O–H groups in total. The summed E-state index contributed by atoms with van der Waals surface area (Å²) in [6.07, 6.45) is 1.77. The van der Waals surface area contributed by atoms with Gasteiger partial charge < -0.3 is 10.0 Å². The van der Waals surface area contributed by atoms with E-state index in [4.69, 9.17) is 0 Å². The lowest BCUT2D eigenvalue weighted by atomic mass is 9.97. The van der Waals surface area contributed by atoms with Crippen LogP contribution in [0.15, 0.2) is 5.38 Å². The molecule has 0 bridgehead atoms. The minimum Gasteiger partial charge on any atom is -0.388 e. The Kier molecular flexibility index (Phi) is 3.59. The number of aliphatic hydroxyl groups is 1. The largest absolute Gasteiger partial charge is 0.388 e. The van der Waals surface area contributed by atoms with Gasteiger partial charge in [-0.2, -0.15) is 0 Å². The van der Waals surface area contributed by atoms with Gasteiger partial charge in [0.1, 0.15) is 0 Å². The van der Waals surface area contributed by atoms with Gasteiger partial charge in [0.25, 0.3) is 0 Å². The highest BCUT2D eigenvalue weighted by molar-refractivity contribution is 7.13. The highest BCUT2D eigenvalue weighted by Crippen LogP contribution is 2.27. The fraction of sp³-hybridized carbons (Fsp3) is 0.667. The third-order valence-electron chi connectivity index (χ3n) is 3.16. The smallest absolute Gasteiger partial charge is 0.323 e. The van der Waals surface area contributed by atoms with Crippen LogP contribution < -0.4 is 5.32 Å². The summed E-state index contributed by atoms with van der Waals surface area (Å²) in [5.41, 5.74) is 0.0304. The molecule has 2 rings (SSSR count). The zero-order chi connectivity index (χ0) is 13.3. The monoisotopic (exact) mass is 269 g/mol. The van der Waals surface area contributed by atoms with Crippen molar-refractivity contribution in [2.75, 3.05) is 11.9 Å². The van der Waals surface area contributed by atoms with E-state index in [0.29, 0.717) is 11.7 Å². The molecule has 1 atom stereocenters. The van der Waals surface area contributed by atoms with E-state index in [1.807, 2.05) is 12.3 Å². The maximum absolute atomic E-state index is 12.2. The number of rotatable bonds is 2. The van der Waals surface area contributed by atoms with Gasteiger partial charge in [-0.15, -0.1) is 11.3 Å². The first-order valence-electron chi connectivity index (χ1n) is 6.10. The van der Waals surface area contributed by atoms with Crippen LogP contribution in [0, 0.1) is 6.92 Å². The molecule has 0 aromatic carbocycles. The van der Waals surface area contributed by atoms with Crippen molar-refractivity contribution in [1.29, 1.82) is 0 Å². The van der Waals surface area contributed by atoms with Crippen molar-refractivity contribution in [1.82, 2.24) is 9.88 Å². The highest BCUT2D eigenvalue weighted by atomic mass is 32.1. The van der Waals surface area contributed by atoms with Crippen LogP contribution in [0.1, 0.15) is 32.4 Å². The molecule has 0 spiro atoms. The number of hydrogen-bond donors (Lipinski definition) is 2. The van der Waals surface area contributed by atoms with Crippen LogP contribution in [0.25, 0.3) is 0 Å². The molecule has 18 heavy (non-hydrogen) atoms. The molecule has 1 aromatic heterocycles. The first kappa shape index (κ1) is 13.3. The molecular formula is C12H19N3O2S. The summed E-state index contributed by atoms with van der Waals surface area (Å²) in [5.74, 6) is 0. The van der Waals surface area contributed by atoms with Crippen molar-refractivity contribution in [3.8, 4) is 0 Å². The van der Waals surface area contributed by atoms with E-state index >= 15 is 0 Å². The van der Waals surface area contributed by atoms with Crippen LogP contribution in [0.4, 0.5) is 9.93 Å². The van der Waals surface area contributed by atoms with Gasteiger partial charge in [0.05, 0.1) is 17.3 Å². The summed E-state index contributed by atoms with van der Waals surface area (Å²) >= 11 is 1.41. The van der Waals surface area contributed by atoms with Crippen LogP contribution in [0.2, 0.25) is 0 Å². The Morgan fingerprint density at radius 3 is 2.94 bits per heavy atom. The lowest BCUT2D eigenvalue weighted by Gasteiger charge is -2.33. The van der Waals surface area contributed by atoms with E-state index in [2.05, 4.69) is 10.3 Å². The zero-order valence-electron chi connectivity index (χ0n) is 10.9. The molecule has 1 saturated heterocycles. The zero-order valence-corrected chi connectivity index (χ0v) is 11.8. The van der Waals surface area contributed by atoms with Gasteiger partial charge in [-0.05, 0) is 33.6 Å². The van der Waals surface area contributed by atoms with E-state index in [1.54, 1.807) is 18.7 Å². The lowest BCUT2D eigenvalue weighted by molar-refractivity contribution is 0.0117. The summed E-state index contributed by atoms with van der Waals surface area (Å²) in [6.45, 7) is 6.07. The Hall–Kier alpha value is -1.14. The van der Waals surface area contributed by atoms with Gasteiger partial charge in [-0.25, -0.2) is 9.78 Å². The SMILES string of the molecule is Cc1csc(NC(=O)N2CCCC2C(C)(C)O)n1. The van der Waals surface area contributed by atoms with Crippen LogP contribution in [0.5, 0.6) is 0 Å². The molecule has 5 nitrogen and oxygen atoms in total. The first-order valence-corrected chi connectivity index (χ1v) is 6.98. The molecular weight excluding hydrogens is 250 g/mol. The standard InChI is InChI=1S/C12H19N3O2S/c1-8-7-18-10(13-8)14-11(16)15-6-4-5-9(15)12(2,3)17/h7,9,17H,4-6H2,1-3H3,(H,13,14,16). The van der Waals surface area contributed by atoms with Gasteiger partial charge in [0, 0.05) is 11.9 Å². The molecule has 1 unspecified atom stereocenters. The predicted molar refractivity (Wildman–Crippen MR) is 71.9 cm³/mol. The van der Waals surface area contributed by atoms with Crippen molar-refractivity contribution in [3.05, 3.63) is 11.1 Å². The van der Waals surface area contributed by atoms with E-state index < -0.39 is 5.60 Å². The molecule has 6 heteroatoms. The number of urea groups is 1. The van der Waals surface area contributed by atoms with Gasteiger partial charge in [-0.3, -0.25) is 5.32 Å². The molecule has 0 radical (unpaired) electrons. The summed E-state index contributed by atoms with van der Waals surface area (Å²) < 4.78 is 0. The number of thiazole rings is 1.